The summed E-state index contributed by atoms with van der Waals surface area (Å²) in [4.78, 5) is 24.7. The van der Waals surface area contributed by atoms with E-state index in [1.807, 2.05) is 19.9 Å². The van der Waals surface area contributed by atoms with Crippen molar-refractivity contribution < 1.29 is 33.4 Å². The number of oxime groups is 1. The number of carboxylic acid groups (broad SMARTS) is 1. The molecule has 3 atom stereocenters. The van der Waals surface area contributed by atoms with Gasteiger partial charge in [-0.05, 0) is 48.4 Å². The van der Waals surface area contributed by atoms with Crippen molar-refractivity contribution in [2.45, 2.75) is 56.2 Å². The van der Waals surface area contributed by atoms with Crippen molar-refractivity contribution in [1.29, 1.82) is 5.41 Å². The van der Waals surface area contributed by atoms with Crippen molar-refractivity contribution in [3.05, 3.63) is 65.7 Å². The van der Waals surface area contributed by atoms with Crippen LogP contribution >= 0.6 is 0 Å². The summed E-state index contributed by atoms with van der Waals surface area (Å²) in [7, 11) is -4.08. The summed E-state index contributed by atoms with van der Waals surface area (Å²) >= 11 is 0. The van der Waals surface area contributed by atoms with Gasteiger partial charge in [0.25, 0.3) is 0 Å². The van der Waals surface area contributed by atoms with Crippen LogP contribution in [-0.2, 0) is 21.2 Å². The molecule has 2 aromatic carbocycles. The van der Waals surface area contributed by atoms with Gasteiger partial charge in [0.2, 0.25) is 15.9 Å². The molecule has 0 aromatic heterocycles. The fourth-order valence-electron chi connectivity index (χ4n) is 4.34. The first kappa shape index (κ1) is 35.0. The van der Waals surface area contributed by atoms with E-state index >= 15 is 0 Å². The van der Waals surface area contributed by atoms with Gasteiger partial charge in [-0.25, -0.2) is 13.2 Å². The van der Waals surface area contributed by atoms with Gasteiger partial charge >= 0.3 is 6.09 Å². The highest BCUT2D eigenvalue weighted by atomic mass is 32.2. The smallest absolute Gasteiger partial charge is 0.405 e. The number of nitrogens with two attached hydrogens (primary N) is 1. The molecule has 0 bridgehead atoms. The number of aliphatic hydroxyl groups excluding tert-OH is 1. The van der Waals surface area contributed by atoms with E-state index < -0.39 is 40.2 Å². The van der Waals surface area contributed by atoms with E-state index in [0.29, 0.717) is 12.0 Å². The van der Waals surface area contributed by atoms with Crippen LogP contribution in [0.4, 0.5) is 4.79 Å². The summed E-state index contributed by atoms with van der Waals surface area (Å²) in [5, 5.41) is 47.1. The normalized spacial score (nSPS) is 13.9. The maximum Gasteiger partial charge on any atom is 0.405 e. The minimum atomic E-state index is -4.08. The molecular weight excluding hydrogens is 578 g/mol. The number of benzene rings is 2. The zero-order valence-electron chi connectivity index (χ0n) is 24.2. The van der Waals surface area contributed by atoms with Gasteiger partial charge < -0.3 is 37.1 Å². The van der Waals surface area contributed by atoms with Crippen molar-refractivity contribution in [1.82, 2.24) is 20.3 Å². The van der Waals surface area contributed by atoms with Crippen molar-refractivity contribution in [2.75, 3.05) is 19.6 Å². The van der Waals surface area contributed by atoms with E-state index in [2.05, 4.69) is 21.1 Å². The molecule has 14 nitrogen and oxygen atoms in total. The second-order valence-corrected chi connectivity index (χ2v) is 12.3. The van der Waals surface area contributed by atoms with Crippen LogP contribution in [0, 0.1) is 11.3 Å². The standard InChI is InChI=1S/C28H41N7O7S/c1-19(2)17-35(43(41,42)22-12-10-21(11-13-22)16-32-40)18-25(36)24(15-20-7-4-3-5-8-20)33-26(37)23(34-28(38)39)9-6-14-31-27(29)30/h3-5,7-8,10-13,16,19,23-25,34,36,40H,6,9,14-15,17-18H2,1-2H3,(H,33,37)(H,38,39)(H4,29,30,31)/b32-16+/t23-,24-,25+/m0/s1. The van der Waals surface area contributed by atoms with Gasteiger partial charge in [-0.2, -0.15) is 4.31 Å². The van der Waals surface area contributed by atoms with Crippen LogP contribution in [0.2, 0.25) is 0 Å². The molecule has 2 rings (SSSR count). The van der Waals surface area contributed by atoms with Gasteiger partial charge in [0.1, 0.15) is 6.04 Å². The number of rotatable bonds is 17. The maximum atomic E-state index is 13.6. The SMILES string of the molecule is CC(C)CN(C[C@@H](O)[C@H](Cc1ccccc1)NC(=O)[C@H](CCCNC(=N)N)NC(=O)O)S(=O)(=O)c1ccc(/C=N/O)cc1. The summed E-state index contributed by atoms with van der Waals surface area (Å²) in [6.45, 7) is 3.64. The molecule has 0 unspecified atom stereocenters. The van der Waals surface area contributed by atoms with E-state index in [1.54, 1.807) is 24.3 Å². The predicted octanol–water partition coefficient (Wildman–Crippen LogP) is 1.13. The van der Waals surface area contributed by atoms with E-state index in [-0.39, 0.29) is 49.2 Å². The second kappa shape index (κ2) is 17.0. The third-order valence-electron chi connectivity index (χ3n) is 6.37. The van der Waals surface area contributed by atoms with Crippen LogP contribution in [0.3, 0.4) is 0 Å². The zero-order valence-corrected chi connectivity index (χ0v) is 25.0. The lowest BCUT2D eigenvalue weighted by molar-refractivity contribution is -0.124. The summed E-state index contributed by atoms with van der Waals surface area (Å²) in [6, 6.07) is 12.5. The lowest BCUT2D eigenvalue weighted by Gasteiger charge is -2.31. The summed E-state index contributed by atoms with van der Waals surface area (Å²) < 4.78 is 28.4. The Morgan fingerprint density at radius 3 is 2.28 bits per heavy atom. The number of nitrogens with zero attached hydrogens (tertiary/aromatic N) is 2. The first-order valence-corrected chi connectivity index (χ1v) is 15.1. The fourth-order valence-corrected chi connectivity index (χ4v) is 5.96. The van der Waals surface area contributed by atoms with Gasteiger partial charge in [0.05, 0.1) is 23.3 Å². The molecule has 0 spiro atoms. The van der Waals surface area contributed by atoms with Gasteiger partial charge in [-0.3, -0.25) is 10.2 Å². The van der Waals surface area contributed by atoms with E-state index in [9.17, 15) is 28.2 Å². The quantitative estimate of drug-likeness (QED) is 0.0416. The summed E-state index contributed by atoms with van der Waals surface area (Å²) in [5.74, 6) is -1.05. The number of hydrogen-bond donors (Lipinski definition) is 8. The topological polar surface area (TPSA) is 231 Å². The van der Waals surface area contributed by atoms with Crippen molar-refractivity contribution in [2.24, 2.45) is 16.8 Å². The highest BCUT2D eigenvalue weighted by molar-refractivity contribution is 7.89. The molecular formula is C28H41N7O7S. The third-order valence-corrected chi connectivity index (χ3v) is 8.22. The van der Waals surface area contributed by atoms with Gasteiger partial charge in [-0.1, -0.05) is 61.5 Å². The Kier molecular flexibility index (Phi) is 13.9. The Morgan fingerprint density at radius 2 is 1.72 bits per heavy atom. The molecule has 15 heteroatoms. The average molecular weight is 620 g/mol. The lowest BCUT2D eigenvalue weighted by Crippen LogP contribution is -2.55. The molecule has 2 amide bonds. The first-order chi connectivity index (χ1) is 20.3. The van der Waals surface area contributed by atoms with Crippen LogP contribution < -0.4 is 21.7 Å². The molecule has 2 aromatic rings. The van der Waals surface area contributed by atoms with Crippen LogP contribution in [0.15, 0.2) is 64.6 Å². The summed E-state index contributed by atoms with van der Waals surface area (Å²) in [6.07, 6.45) is -1.09. The number of guanidine groups is 1. The van der Waals surface area contributed by atoms with Crippen LogP contribution in [0.5, 0.6) is 0 Å². The van der Waals surface area contributed by atoms with Gasteiger partial charge in [0.15, 0.2) is 5.96 Å². The molecule has 0 aliphatic carbocycles. The molecule has 0 aliphatic heterocycles. The number of hydrogen-bond acceptors (Lipinski definition) is 8. The first-order valence-electron chi connectivity index (χ1n) is 13.7. The number of carbonyl (C=O) groups excluding carboxylic acids is 1. The number of aliphatic hydroxyl groups is 1. The zero-order chi connectivity index (χ0) is 32.0. The summed E-state index contributed by atoms with van der Waals surface area (Å²) in [5.41, 5.74) is 6.53. The molecule has 0 fully saturated rings. The maximum absolute atomic E-state index is 13.6. The predicted molar refractivity (Wildman–Crippen MR) is 162 cm³/mol. The number of carbonyl (C=O) groups is 2. The lowest BCUT2D eigenvalue weighted by atomic mass is 10.00. The minimum absolute atomic E-state index is 0.0241. The number of amides is 2. The Labute approximate surface area is 251 Å². The molecule has 0 radical (unpaired) electrons. The highest BCUT2D eigenvalue weighted by Gasteiger charge is 2.32. The Bertz CT molecular complexity index is 1320. The van der Waals surface area contributed by atoms with E-state index in [0.717, 1.165) is 16.1 Å². The molecule has 43 heavy (non-hydrogen) atoms. The molecule has 0 heterocycles. The van der Waals surface area contributed by atoms with Crippen molar-refractivity contribution in [3.63, 3.8) is 0 Å². The Morgan fingerprint density at radius 1 is 1.07 bits per heavy atom. The second-order valence-electron chi connectivity index (χ2n) is 10.4. The Balaban J connectivity index is 2.33. The molecule has 9 N–H and O–H groups in total. The molecule has 0 aliphatic rings. The van der Waals surface area contributed by atoms with Crippen molar-refractivity contribution >= 4 is 34.2 Å². The van der Waals surface area contributed by atoms with Crippen LogP contribution in [0.25, 0.3) is 0 Å². The van der Waals surface area contributed by atoms with Crippen LogP contribution in [-0.4, -0.2) is 90.1 Å². The Hall–Kier alpha value is -4.21. The van der Waals surface area contributed by atoms with E-state index in [4.69, 9.17) is 16.4 Å². The van der Waals surface area contributed by atoms with Gasteiger partial charge in [0, 0.05) is 19.6 Å². The number of sulfonamides is 1. The largest absolute Gasteiger partial charge is 0.465 e. The number of nitrogens with one attached hydrogen (secondary N) is 4. The minimum Gasteiger partial charge on any atom is -0.465 e. The molecule has 0 saturated heterocycles. The highest BCUT2D eigenvalue weighted by Crippen LogP contribution is 2.20. The monoisotopic (exact) mass is 619 g/mol. The molecule has 236 valence electrons. The van der Waals surface area contributed by atoms with E-state index in [1.165, 1.54) is 24.3 Å². The van der Waals surface area contributed by atoms with Crippen LogP contribution in [0.1, 0.15) is 37.8 Å². The fraction of sp³-hybridized carbons (Fsp3) is 0.429. The van der Waals surface area contributed by atoms with Gasteiger partial charge in [-0.15, -0.1) is 0 Å². The third kappa shape index (κ3) is 11.9. The van der Waals surface area contributed by atoms with Crippen molar-refractivity contribution in [3.8, 4) is 0 Å². The molecule has 0 saturated carbocycles. The average Bonchev–Trinajstić information content (AvgIpc) is 2.94.